The first kappa shape index (κ1) is 15.5. The van der Waals surface area contributed by atoms with Gasteiger partial charge in [0.1, 0.15) is 0 Å². The third kappa shape index (κ3) is 4.14. The van der Waals surface area contributed by atoms with Crippen molar-refractivity contribution in [2.45, 2.75) is 57.0 Å². The molecule has 1 fully saturated rings. The van der Waals surface area contributed by atoms with Gasteiger partial charge in [0, 0.05) is 6.04 Å². The number of nitrogens with one attached hydrogen (secondary N) is 1. The molecule has 1 aliphatic carbocycles. The number of carbonyl (C=O) groups excluding carboxylic acids is 1. The second-order valence-electron chi connectivity index (χ2n) is 4.62. The summed E-state index contributed by atoms with van der Waals surface area (Å²) in [7, 11) is 0. The average molecular weight is 247 g/mol. The van der Waals surface area contributed by atoms with Crippen LogP contribution in [0.4, 0.5) is 0 Å². The van der Waals surface area contributed by atoms with Crippen molar-refractivity contribution in [3.63, 3.8) is 0 Å². The minimum absolute atomic E-state index is 0. The fourth-order valence-electron chi connectivity index (χ4n) is 2.09. The van der Waals surface area contributed by atoms with Crippen LogP contribution >= 0.6 is 12.4 Å². The molecule has 1 rings (SSSR count). The summed E-state index contributed by atoms with van der Waals surface area (Å²) in [5.41, 5.74) is 5.49. The van der Waals surface area contributed by atoms with Gasteiger partial charge in [-0.2, -0.15) is 0 Å². The summed E-state index contributed by atoms with van der Waals surface area (Å²) in [6.07, 6.45) is 7.59. The second kappa shape index (κ2) is 6.92. The minimum atomic E-state index is -0.617. The van der Waals surface area contributed by atoms with E-state index in [0.717, 1.165) is 32.1 Å². The van der Waals surface area contributed by atoms with Gasteiger partial charge >= 0.3 is 0 Å². The van der Waals surface area contributed by atoms with Crippen molar-refractivity contribution in [2.24, 2.45) is 5.73 Å². The molecule has 0 aromatic rings. The fourth-order valence-corrected chi connectivity index (χ4v) is 2.09. The summed E-state index contributed by atoms with van der Waals surface area (Å²) in [6.45, 7) is 5.63. The number of hydrogen-bond donors (Lipinski definition) is 2. The van der Waals surface area contributed by atoms with Gasteiger partial charge < -0.3 is 11.1 Å². The van der Waals surface area contributed by atoms with Gasteiger partial charge in [0.25, 0.3) is 0 Å². The summed E-state index contributed by atoms with van der Waals surface area (Å²) in [6, 6.07) is 0.136. The van der Waals surface area contributed by atoms with Gasteiger partial charge in [-0.25, -0.2) is 0 Å². The molecule has 0 spiro atoms. The highest BCUT2D eigenvalue weighted by molar-refractivity contribution is 5.86. The molecule has 0 radical (unpaired) electrons. The predicted molar refractivity (Wildman–Crippen MR) is 69.7 cm³/mol. The fraction of sp³-hybridized carbons (Fsp3) is 0.750. The maximum Gasteiger partial charge on any atom is 0.240 e. The van der Waals surface area contributed by atoms with Crippen LogP contribution in [-0.4, -0.2) is 17.5 Å². The zero-order chi connectivity index (χ0) is 11.3. The molecular weight excluding hydrogens is 224 g/mol. The van der Waals surface area contributed by atoms with Crippen molar-refractivity contribution in [3.8, 4) is 0 Å². The topological polar surface area (TPSA) is 55.1 Å². The molecular formula is C12H23ClN2O. The number of amides is 1. The quantitative estimate of drug-likeness (QED) is 0.747. The van der Waals surface area contributed by atoms with Crippen LogP contribution in [0, 0.1) is 0 Å². The van der Waals surface area contributed by atoms with Gasteiger partial charge in [0.2, 0.25) is 5.91 Å². The lowest BCUT2D eigenvalue weighted by Crippen LogP contribution is -2.56. The molecule has 0 aromatic carbocycles. The summed E-state index contributed by atoms with van der Waals surface area (Å²) < 4.78 is 0. The molecule has 0 aliphatic heterocycles. The van der Waals surface area contributed by atoms with Crippen molar-refractivity contribution in [2.75, 3.05) is 0 Å². The molecule has 3 nitrogen and oxygen atoms in total. The second-order valence-corrected chi connectivity index (χ2v) is 4.62. The van der Waals surface area contributed by atoms with Crippen LogP contribution < -0.4 is 11.1 Å². The first-order chi connectivity index (χ1) is 7.08. The third-order valence-electron chi connectivity index (χ3n) is 3.10. The smallest absolute Gasteiger partial charge is 0.240 e. The Morgan fingerprint density at radius 3 is 2.56 bits per heavy atom. The summed E-state index contributed by atoms with van der Waals surface area (Å²) in [4.78, 5) is 11.9. The lowest BCUT2D eigenvalue weighted by atomic mass is 9.81. The van der Waals surface area contributed by atoms with Crippen LogP contribution in [0.2, 0.25) is 0 Å². The van der Waals surface area contributed by atoms with Crippen LogP contribution in [0.3, 0.4) is 0 Å². The summed E-state index contributed by atoms with van der Waals surface area (Å²) >= 11 is 0. The van der Waals surface area contributed by atoms with Crippen molar-refractivity contribution < 1.29 is 4.79 Å². The Morgan fingerprint density at radius 2 is 2.06 bits per heavy atom. The third-order valence-corrected chi connectivity index (χ3v) is 3.10. The van der Waals surface area contributed by atoms with Crippen molar-refractivity contribution >= 4 is 18.3 Å². The molecule has 1 atom stereocenters. The highest BCUT2D eigenvalue weighted by Crippen LogP contribution is 2.26. The van der Waals surface area contributed by atoms with E-state index in [1.807, 2.05) is 13.0 Å². The van der Waals surface area contributed by atoms with Crippen molar-refractivity contribution in [3.05, 3.63) is 12.7 Å². The lowest BCUT2D eigenvalue weighted by Gasteiger charge is -2.32. The van der Waals surface area contributed by atoms with Crippen molar-refractivity contribution in [1.82, 2.24) is 5.32 Å². The van der Waals surface area contributed by atoms with Crippen LogP contribution in [0.1, 0.15) is 45.4 Å². The first-order valence-electron chi connectivity index (χ1n) is 5.79. The lowest BCUT2D eigenvalue weighted by molar-refractivity contribution is -0.128. The Bertz CT molecular complexity index is 237. The van der Waals surface area contributed by atoms with E-state index < -0.39 is 5.54 Å². The highest BCUT2D eigenvalue weighted by Gasteiger charge is 2.35. The van der Waals surface area contributed by atoms with E-state index >= 15 is 0 Å². The summed E-state index contributed by atoms with van der Waals surface area (Å²) in [5, 5.41) is 2.96. The van der Waals surface area contributed by atoms with Gasteiger partial charge in [0.15, 0.2) is 0 Å². The molecule has 1 unspecified atom stereocenters. The molecule has 16 heavy (non-hydrogen) atoms. The van der Waals surface area contributed by atoms with Crippen LogP contribution in [0.5, 0.6) is 0 Å². The molecule has 3 N–H and O–H groups in total. The first-order valence-corrected chi connectivity index (χ1v) is 5.79. The molecule has 94 valence electrons. The Hall–Kier alpha value is -0.540. The zero-order valence-electron chi connectivity index (χ0n) is 10.00. The van der Waals surface area contributed by atoms with Crippen LogP contribution in [-0.2, 0) is 4.79 Å². The summed E-state index contributed by atoms with van der Waals surface area (Å²) in [5.74, 6) is 0.0107. The molecule has 0 bridgehead atoms. The Morgan fingerprint density at radius 1 is 1.50 bits per heavy atom. The van der Waals surface area contributed by atoms with E-state index in [2.05, 4.69) is 11.9 Å². The predicted octanol–water partition coefficient (Wildman–Crippen LogP) is 2.15. The van der Waals surface area contributed by atoms with E-state index in [-0.39, 0.29) is 24.4 Å². The van der Waals surface area contributed by atoms with E-state index in [1.54, 1.807) is 0 Å². The number of carbonyl (C=O) groups is 1. The number of halogens is 1. The zero-order valence-corrected chi connectivity index (χ0v) is 10.8. The highest BCUT2D eigenvalue weighted by atomic mass is 35.5. The SMILES string of the molecule is C=CCC(C)NC(=O)C1(N)CCCCC1.Cl. The maximum atomic E-state index is 11.9. The van der Waals surface area contributed by atoms with Crippen molar-refractivity contribution in [1.29, 1.82) is 0 Å². The van der Waals surface area contributed by atoms with Gasteiger partial charge in [-0.1, -0.05) is 25.3 Å². The number of rotatable bonds is 4. The molecule has 4 heteroatoms. The maximum absolute atomic E-state index is 11.9. The van der Waals surface area contributed by atoms with Crippen LogP contribution in [0.25, 0.3) is 0 Å². The monoisotopic (exact) mass is 246 g/mol. The Kier molecular flexibility index (Phi) is 6.68. The normalized spacial score (nSPS) is 20.4. The molecule has 1 aliphatic rings. The Labute approximate surface area is 104 Å². The largest absolute Gasteiger partial charge is 0.352 e. The number of hydrogen-bond acceptors (Lipinski definition) is 2. The van der Waals surface area contributed by atoms with E-state index in [0.29, 0.717) is 0 Å². The number of nitrogens with two attached hydrogens (primary N) is 1. The Balaban J connectivity index is 0.00000225. The van der Waals surface area contributed by atoms with Gasteiger partial charge in [-0.15, -0.1) is 19.0 Å². The minimum Gasteiger partial charge on any atom is -0.352 e. The van der Waals surface area contributed by atoms with E-state index in [9.17, 15) is 4.79 Å². The van der Waals surface area contributed by atoms with E-state index in [1.165, 1.54) is 6.42 Å². The van der Waals surface area contributed by atoms with Crippen LogP contribution in [0.15, 0.2) is 12.7 Å². The van der Waals surface area contributed by atoms with Gasteiger partial charge in [0.05, 0.1) is 5.54 Å². The van der Waals surface area contributed by atoms with Gasteiger partial charge in [-0.3, -0.25) is 4.79 Å². The molecule has 0 heterocycles. The average Bonchev–Trinajstić information content (AvgIpc) is 2.19. The molecule has 0 saturated heterocycles. The standard InChI is InChI=1S/C12H22N2O.ClH/c1-3-7-10(2)14-11(15)12(13)8-5-4-6-9-12;/h3,10H,1,4-9,13H2,2H3,(H,14,15);1H. The molecule has 1 amide bonds. The van der Waals surface area contributed by atoms with Gasteiger partial charge in [-0.05, 0) is 26.2 Å². The van der Waals surface area contributed by atoms with E-state index in [4.69, 9.17) is 5.73 Å². The molecule has 0 aromatic heterocycles. The molecule has 1 saturated carbocycles.